The number of rotatable bonds is 1. The molecule has 1 aromatic heterocycles. The molecule has 0 spiro atoms. The summed E-state index contributed by atoms with van der Waals surface area (Å²) < 4.78 is 4.28. The molecule has 0 amide bonds. The molecule has 1 aromatic rings. The van der Waals surface area contributed by atoms with E-state index in [1.807, 2.05) is 0 Å². The van der Waals surface area contributed by atoms with E-state index in [0.717, 1.165) is 12.3 Å². The van der Waals surface area contributed by atoms with Crippen molar-refractivity contribution in [3.63, 3.8) is 0 Å². The minimum absolute atomic E-state index is 0. The summed E-state index contributed by atoms with van der Waals surface area (Å²) in [6.07, 6.45) is 0.907. The number of carboxylic acid groups (broad SMARTS) is 1. The van der Waals surface area contributed by atoms with Crippen molar-refractivity contribution in [2.24, 2.45) is 0 Å². The predicted molar refractivity (Wildman–Crippen MR) is 39.2 cm³/mol. The predicted octanol–water partition coefficient (Wildman–Crippen LogP) is 0.760. The molecule has 0 unspecified atom stereocenters. The van der Waals surface area contributed by atoms with Crippen LogP contribution in [0.2, 0.25) is 0 Å². The zero-order chi connectivity index (χ0) is 7.56. The fraction of sp³-hybridized carbons (Fsp3) is 0. The molecule has 1 N–H and O–H groups in total. The normalized spacial score (nSPS) is 8.36. The molecular weight excluding hydrogens is 172 g/mol. The quantitative estimate of drug-likeness (QED) is 0.686. The molecule has 1 heterocycles. The molecule has 5 heteroatoms. The molecule has 0 aliphatic carbocycles. The second-order valence-corrected chi connectivity index (χ2v) is 1.65. The third kappa shape index (κ3) is 2.43. The van der Waals surface area contributed by atoms with Crippen LogP contribution in [0.5, 0.6) is 0 Å². The fourth-order valence-electron chi connectivity index (χ4n) is 0.480. The number of hydrogen-bond acceptors (Lipinski definition) is 3. The lowest BCUT2D eigenvalue weighted by Gasteiger charge is -1.87. The average Bonchev–Trinajstić information content (AvgIpc) is 1.88. The summed E-state index contributed by atoms with van der Waals surface area (Å²) in [5, 5.41) is 8.31. The first-order valence-corrected chi connectivity index (χ1v) is 2.52. The van der Waals surface area contributed by atoms with Crippen LogP contribution in [0.25, 0.3) is 0 Å². The van der Waals surface area contributed by atoms with Gasteiger partial charge < -0.3 is 9.52 Å². The van der Waals surface area contributed by atoms with E-state index in [1.165, 1.54) is 6.07 Å². The maximum absolute atomic E-state index is 10.3. The standard InChI is InChI=1S/C6H4O4.ClH/c7-5-2-1-4(3-10-5)6(8)9;/h1-3H,(H,8,9);1H. The Labute approximate surface area is 67.9 Å². The molecule has 4 nitrogen and oxygen atoms in total. The fourth-order valence-corrected chi connectivity index (χ4v) is 0.480. The van der Waals surface area contributed by atoms with E-state index in [2.05, 4.69) is 4.42 Å². The van der Waals surface area contributed by atoms with Gasteiger partial charge in [0.25, 0.3) is 0 Å². The van der Waals surface area contributed by atoms with Gasteiger partial charge in [0.1, 0.15) is 6.26 Å². The van der Waals surface area contributed by atoms with Crippen molar-refractivity contribution in [2.75, 3.05) is 0 Å². The van der Waals surface area contributed by atoms with E-state index in [4.69, 9.17) is 5.11 Å². The van der Waals surface area contributed by atoms with Gasteiger partial charge in [0.15, 0.2) is 0 Å². The van der Waals surface area contributed by atoms with E-state index in [1.54, 1.807) is 0 Å². The second kappa shape index (κ2) is 3.78. The highest BCUT2D eigenvalue weighted by Crippen LogP contribution is 1.92. The van der Waals surface area contributed by atoms with Crippen molar-refractivity contribution in [2.45, 2.75) is 0 Å². The minimum atomic E-state index is -1.11. The van der Waals surface area contributed by atoms with Gasteiger partial charge in [0.2, 0.25) is 0 Å². The van der Waals surface area contributed by atoms with Crippen molar-refractivity contribution in [1.29, 1.82) is 0 Å². The largest absolute Gasteiger partial charge is 0.478 e. The maximum Gasteiger partial charge on any atom is 0.338 e. The van der Waals surface area contributed by atoms with Gasteiger partial charge in [-0.3, -0.25) is 0 Å². The van der Waals surface area contributed by atoms with Crippen LogP contribution in [0.3, 0.4) is 0 Å². The third-order valence-electron chi connectivity index (χ3n) is 0.948. The van der Waals surface area contributed by atoms with E-state index in [0.29, 0.717) is 0 Å². The van der Waals surface area contributed by atoms with Crippen LogP contribution in [0, 0.1) is 0 Å². The molecule has 1 rings (SSSR count). The Hall–Kier alpha value is -1.29. The molecule has 0 bridgehead atoms. The first-order chi connectivity index (χ1) is 4.70. The summed E-state index contributed by atoms with van der Waals surface area (Å²) in [7, 11) is 0. The van der Waals surface area contributed by atoms with Crippen molar-refractivity contribution in [3.05, 3.63) is 34.4 Å². The van der Waals surface area contributed by atoms with Crippen LogP contribution in [-0.4, -0.2) is 11.1 Å². The van der Waals surface area contributed by atoms with Crippen LogP contribution < -0.4 is 5.63 Å². The van der Waals surface area contributed by atoms with Gasteiger partial charge in [-0.15, -0.1) is 12.4 Å². The molecule has 0 fully saturated rings. The molecule has 0 aromatic carbocycles. The monoisotopic (exact) mass is 176 g/mol. The first kappa shape index (κ1) is 9.71. The van der Waals surface area contributed by atoms with Gasteiger partial charge >= 0.3 is 11.6 Å². The lowest BCUT2D eigenvalue weighted by atomic mass is 10.3. The SMILES string of the molecule is Cl.O=C(O)c1ccc(=O)oc1. The zero-order valence-electron chi connectivity index (χ0n) is 5.31. The summed E-state index contributed by atoms with van der Waals surface area (Å²) in [5.74, 6) is -1.11. The molecular formula is C6H5ClO4. The smallest absolute Gasteiger partial charge is 0.338 e. The summed E-state index contributed by atoms with van der Waals surface area (Å²) in [6, 6.07) is 2.25. The Kier molecular flexibility index (Phi) is 3.33. The Morgan fingerprint density at radius 2 is 2.09 bits per heavy atom. The summed E-state index contributed by atoms with van der Waals surface area (Å²) in [5.41, 5.74) is -0.579. The molecule has 11 heavy (non-hydrogen) atoms. The van der Waals surface area contributed by atoms with Gasteiger partial charge in [0.05, 0.1) is 5.56 Å². The Balaban J connectivity index is 0.000001000. The van der Waals surface area contributed by atoms with Gasteiger partial charge in [-0.25, -0.2) is 9.59 Å². The van der Waals surface area contributed by atoms with Crippen LogP contribution in [-0.2, 0) is 0 Å². The van der Waals surface area contributed by atoms with Gasteiger partial charge in [-0.05, 0) is 6.07 Å². The van der Waals surface area contributed by atoms with Crippen LogP contribution >= 0.6 is 12.4 Å². The highest BCUT2D eigenvalue weighted by Gasteiger charge is 2.00. The van der Waals surface area contributed by atoms with Gasteiger partial charge in [0, 0.05) is 6.07 Å². The first-order valence-electron chi connectivity index (χ1n) is 2.52. The van der Waals surface area contributed by atoms with Crippen LogP contribution in [0.4, 0.5) is 0 Å². The van der Waals surface area contributed by atoms with Crippen LogP contribution in [0.1, 0.15) is 10.4 Å². The molecule has 0 aliphatic heterocycles. The highest BCUT2D eigenvalue weighted by atomic mass is 35.5. The minimum Gasteiger partial charge on any atom is -0.478 e. The van der Waals surface area contributed by atoms with E-state index in [9.17, 15) is 9.59 Å². The molecule has 0 saturated carbocycles. The van der Waals surface area contributed by atoms with Crippen molar-refractivity contribution in [3.8, 4) is 0 Å². The summed E-state index contributed by atoms with van der Waals surface area (Å²) in [6.45, 7) is 0. The average molecular weight is 177 g/mol. The summed E-state index contributed by atoms with van der Waals surface area (Å²) >= 11 is 0. The molecule has 0 atom stereocenters. The Bertz CT molecular complexity index is 283. The lowest BCUT2D eigenvalue weighted by molar-refractivity contribution is 0.0694. The lowest BCUT2D eigenvalue weighted by Crippen LogP contribution is -2.00. The number of carbonyl (C=O) groups is 1. The second-order valence-electron chi connectivity index (χ2n) is 1.65. The van der Waals surface area contributed by atoms with Gasteiger partial charge in [-0.1, -0.05) is 0 Å². The van der Waals surface area contributed by atoms with E-state index < -0.39 is 11.6 Å². The van der Waals surface area contributed by atoms with Crippen molar-refractivity contribution >= 4 is 18.4 Å². The van der Waals surface area contributed by atoms with Crippen molar-refractivity contribution < 1.29 is 14.3 Å². The topological polar surface area (TPSA) is 67.5 Å². The molecule has 0 aliphatic rings. The summed E-state index contributed by atoms with van der Waals surface area (Å²) in [4.78, 5) is 20.4. The third-order valence-corrected chi connectivity index (χ3v) is 0.948. The molecule has 0 saturated heterocycles. The van der Waals surface area contributed by atoms with Crippen LogP contribution in [0.15, 0.2) is 27.6 Å². The number of halogens is 1. The highest BCUT2D eigenvalue weighted by molar-refractivity contribution is 5.86. The zero-order valence-corrected chi connectivity index (χ0v) is 6.13. The Morgan fingerprint density at radius 1 is 1.45 bits per heavy atom. The van der Waals surface area contributed by atoms with E-state index in [-0.39, 0.29) is 18.0 Å². The molecule has 0 radical (unpaired) electrons. The van der Waals surface area contributed by atoms with Gasteiger partial charge in [-0.2, -0.15) is 0 Å². The van der Waals surface area contributed by atoms with Crippen molar-refractivity contribution in [1.82, 2.24) is 0 Å². The number of carboxylic acids is 1. The maximum atomic E-state index is 10.3. The number of hydrogen-bond donors (Lipinski definition) is 1. The Morgan fingerprint density at radius 3 is 2.45 bits per heavy atom. The molecule has 60 valence electrons. The number of aromatic carboxylic acids is 1. The van der Waals surface area contributed by atoms with E-state index >= 15 is 0 Å².